The van der Waals surface area contributed by atoms with Crippen LogP contribution in [0.1, 0.15) is 22.8 Å². The van der Waals surface area contributed by atoms with Crippen molar-refractivity contribution in [3.63, 3.8) is 0 Å². The zero-order valence-electron chi connectivity index (χ0n) is 13.3. The molecule has 0 aliphatic rings. The Hall–Kier alpha value is -3.09. The quantitative estimate of drug-likeness (QED) is 0.584. The van der Waals surface area contributed by atoms with E-state index in [1.165, 1.54) is 30.5 Å². The third-order valence-corrected chi connectivity index (χ3v) is 3.19. The predicted molar refractivity (Wildman–Crippen MR) is 90.6 cm³/mol. The van der Waals surface area contributed by atoms with Gasteiger partial charge in [-0.2, -0.15) is 0 Å². The Labute approximate surface area is 142 Å². The molecule has 1 N–H and O–H groups in total. The lowest BCUT2D eigenvalue weighted by Gasteiger charge is -2.11. The van der Waals surface area contributed by atoms with Gasteiger partial charge in [0.1, 0.15) is 12.0 Å². The van der Waals surface area contributed by atoms with Crippen molar-refractivity contribution in [2.75, 3.05) is 5.32 Å². The maximum atomic E-state index is 12.2. The Balaban J connectivity index is 2.29. The molecule has 0 radical (unpaired) electrons. The van der Waals surface area contributed by atoms with Gasteiger partial charge in [-0.1, -0.05) is 18.7 Å². The number of nitrogens with zero attached hydrogens (tertiary/aromatic N) is 1. The van der Waals surface area contributed by atoms with Crippen LogP contribution in [0.25, 0.3) is 0 Å². The van der Waals surface area contributed by atoms with Crippen molar-refractivity contribution in [2.45, 2.75) is 13.3 Å². The molecule has 2 aromatic rings. The fourth-order valence-electron chi connectivity index (χ4n) is 2.16. The number of benzene rings is 2. The summed E-state index contributed by atoms with van der Waals surface area (Å²) in [4.78, 5) is 15.3. The van der Waals surface area contributed by atoms with Crippen molar-refractivity contribution in [1.29, 1.82) is 0 Å². The highest BCUT2D eigenvalue weighted by Gasteiger charge is 2.30. The van der Waals surface area contributed by atoms with E-state index in [0.717, 1.165) is 11.8 Å². The van der Waals surface area contributed by atoms with Gasteiger partial charge in [0.2, 0.25) is 0 Å². The number of hydrogen-bond donors (Lipinski definition) is 1. The van der Waals surface area contributed by atoms with Crippen molar-refractivity contribution in [1.82, 2.24) is 0 Å². The van der Waals surface area contributed by atoms with Crippen molar-refractivity contribution >= 4 is 23.4 Å². The molecule has 4 nitrogen and oxygen atoms in total. The summed E-state index contributed by atoms with van der Waals surface area (Å²) < 4.78 is 40.3. The monoisotopic (exact) mass is 348 g/mol. The molecule has 0 atom stereocenters. The summed E-state index contributed by atoms with van der Waals surface area (Å²) in [5.41, 5.74) is 2.97. The minimum Gasteiger partial charge on any atom is -0.406 e. The number of carbonyl (C=O) groups is 1. The van der Waals surface area contributed by atoms with E-state index in [-0.39, 0.29) is 5.75 Å². The van der Waals surface area contributed by atoms with Crippen molar-refractivity contribution in [3.05, 3.63) is 66.4 Å². The summed E-state index contributed by atoms with van der Waals surface area (Å²) in [6.45, 7) is 5.34. The second kappa shape index (κ2) is 7.65. The summed E-state index contributed by atoms with van der Waals surface area (Å²) in [5, 5.41) is 2.93. The molecule has 0 unspecified atom stereocenters. The number of hydrogen-bond acceptors (Lipinski definition) is 4. The summed E-state index contributed by atoms with van der Waals surface area (Å²) in [6.07, 6.45) is -2.53. The van der Waals surface area contributed by atoms with Crippen LogP contribution in [-0.4, -0.2) is 18.4 Å². The summed E-state index contributed by atoms with van der Waals surface area (Å²) in [7, 11) is 0. The maximum Gasteiger partial charge on any atom is 0.573 e. The molecule has 25 heavy (non-hydrogen) atoms. The average Bonchev–Trinajstić information content (AvgIpc) is 2.55. The molecular weight excluding hydrogens is 333 g/mol. The van der Waals surface area contributed by atoms with Gasteiger partial charge >= 0.3 is 6.36 Å². The van der Waals surface area contributed by atoms with E-state index < -0.39 is 6.36 Å². The van der Waals surface area contributed by atoms with E-state index in [0.29, 0.717) is 22.6 Å². The Morgan fingerprint density at radius 1 is 1.20 bits per heavy atom. The Morgan fingerprint density at radius 3 is 2.44 bits per heavy atom. The van der Waals surface area contributed by atoms with Gasteiger partial charge < -0.3 is 10.1 Å². The summed E-state index contributed by atoms with van der Waals surface area (Å²) in [5.74, 6) is -0.312. The summed E-state index contributed by atoms with van der Waals surface area (Å²) >= 11 is 0. The zero-order valence-corrected chi connectivity index (χ0v) is 13.3. The molecule has 0 saturated heterocycles. The first kappa shape index (κ1) is 18.3. The van der Waals surface area contributed by atoms with Crippen molar-refractivity contribution in [3.8, 4) is 5.75 Å². The average molecular weight is 348 g/mol. The largest absolute Gasteiger partial charge is 0.573 e. The Morgan fingerprint density at radius 2 is 1.88 bits per heavy atom. The van der Waals surface area contributed by atoms with Crippen LogP contribution < -0.4 is 10.1 Å². The molecule has 0 heterocycles. The number of aliphatic imine (C=N–C) groups is 1. The first-order valence-corrected chi connectivity index (χ1v) is 7.20. The van der Waals surface area contributed by atoms with E-state index in [9.17, 15) is 18.0 Å². The van der Waals surface area contributed by atoms with Gasteiger partial charge in [-0.05, 0) is 43.5 Å². The number of carbonyl (C=O) groups excluding carboxylic acids is 1. The van der Waals surface area contributed by atoms with Gasteiger partial charge in [0.05, 0.1) is 5.69 Å². The van der Waals surface area contributed by atoms with Crippen molar-refractivity contribution in [2.24, 2.45) is 4.99 Å². The number of aldehydes is 1. The zero-order chi connectivity index (χ0) is 18.4. The second-order valence-corrected chi connectivity index (χ2v) is 5.01. The highest BCUT2D eigenvalue weighted by atomic mass is 19.4. The molecule has 0 amide bonds. The van der Waals surface area contributed by atoms with E-state index >= 15 is 0 Å². The van der Waals surface area contributed by atoms with Gasteiger partial charge in [-0.25, -0.2) is 0 Å². The lowest BCUT2D eigenvalue weighted by molar-refractivity contribution is -0.274. The molecule has 0 spiro atoms. The van der Waals surface area contributed by atoms with Crippen LogP contribution in [0.15, 0.2) is 60.2 Å². The van der Waals surface area contributed by atoms with Crippen LogP contribution >= 0.6 is 0 Å². The number of ether oxygens (including phenoxy) is 1. The molecule has 2 rings (SSSR count). The first-order valence-electron chi connectivity index (χ1n) is 7.20. The molecule has 0 aliphatic carbocycles. The predicted octanol–water partition coefficient (Wildman–Crippen LogP) is 5.09. The SMILES string of the molecule is C=CNc1cc(C=O)ccc1C(C)=Nc1ccc(OC(F)(F)F)cc1. The first-order chi connectivity index (χ1) is 11.8. The lowest BCUT2D eigenvalue weighted by atomic mass is 10.1. The fraction of sp³-hybridized carbons (Fsp3) is 0.111. The third-order valence-electron chi connectivity index (χ3n) is 3.19. The number of alkyl halides is 3. The number of rotatable bonds is 6. The highest BCUT2D eigenvalue weighted by Crippen LogP contribution is 2.26. The molecular formula is C18H15F3N2O2. The van der Waals surface area contributed by atoms with Crippen molar-refractivity contribution < 1.29 is 22.7 Å². The molecule has 0 fully saturated rings. The summed E-state index contributed by atoms with van der Waals surface area (Å²) in [6, 6.07) is 10.3. The van der Waals surface area contributed by atoms with E-state index in [1.807, 2.05) is 0 Å². The molecule has 2 aromatic carbocycles. The fourth-order valence-corrected chi connectivity index (χ4v) is 2.16. The van der Waals surface area contributed by atoms with Gasteiger partial charge in [0.25, 0.3) is 0 Å². The number of nitrogens with one attached hydrogen (secondary N) is 1. The minimum absolute atomic E-state index is 0.312. The van der Waals surface area contributed by atoms with Crippen LogP contribution in [0.3, 0.4) is 0 Å². The standard InChI is InChI=1S/C18H15F3N2O2/c1-3-22-17-10-13(11-24)4-9-16(17)12(2)23-14-5-7-15(8-6-14)25-18(19,20)21/h3-11,22H,1H2,2H3. The number of halogens is 3. The second-order valence-electron chi connectivity index (χ2n) is 5.01. The molecule has 0 bridgehead atoms. The van der Waals surface area contributed by atoms with Gasteiger partial charge in [0, 0.05) is 22.5 Å². The molecule has 130 valence electrons. The molecule has 0 saturated carbocycles. The Bertz CT molecular complexity index is 797. The topological polar surface area (TPSA) is 50.7 Å². The lowest BCUT2D eigenvalue weighted by Crippen LogP contribution is -2.16. The van der Waals surface area contributed by atoms with Crippen LogP contribution in [-0.2, 0) is 0 Å². The minimum atomic E-state index is -4.73. The van der Waals surface area contributed by atoms with E-state index in [1.54, 1.807) is 25.1 Å². The van der Waals surface area contributed by atoms with Crippen LogP contribution in [0, 0.1) is 0 Å². The molecule has 0 aliphatic heterocycles. The van der Waals surface area contributed by atoms with E-state index in [4.69, 9.17) is 0 Å². The Kier molecular flexibility index (Phi) is 5.59. The van der Waals surface area contributed by atoms with Crippen LogP contribution in [0.4, 0.5) is 24.5 Å². The molecule has 7 heteroatoms. The normalized spacial score (nSPS) is 11.8. The third kappa shape index (κ3) is 5.20. The van der Waals surface area contributed by atoms with Crippen LogP contribution in [0.2, 0.25) is 0 Å². The number of anilines is 1. The van der Waals surface area contributed by atoms with Gasteiger partial charge in [0.15, 0.2) is 0 Å². The maximum absolute atomic E-state index is 12.2. The molecule has 0 aromatic heterocycles. The van der Waals surface area contributed by atoms with Crippen LogP contribution in [0.5, 0.6) is 5.75 Å². The smallest absolute Gasteiger partial charge is 0.406 e. The van der Waals surface area contributed by atoms with E-state index in [2.05, 4.69) is 21.6 Å². The highest BCUT2D eigenvalue weighted by molar-refractivity contribution is 6.05. The van der Waals surface area contributed by atoms with Gasteiger partial charge in [-0.15, -0.1) is 13.2 Å². The van der Waals surface area contributed by atoms with Gasteiger partial charge in [-0.3, -0.25) is 9.79 Å².